The van der Waals surface area contributed by atoms with Gasteiger partial charge in [-0.3, -0.25) is 9.10 Å². The van der Waals surface area contributed by atoms with Gasteiger partial charge in [-0.2, -0.15) is 0 Å². The molecule has 3 aromatic rings. The third-order valence-electron chi connectivity index (χ3n) is 5.61. The number of carbonyl (C=O) groups is 1. The van der Waals surface area contributed by atoms with Gasteiger partial charge in [0.2, 0.25) is 15.9 Å². The Hall–Kier alpha value is -3.20. The van der Waals surface area contributed by atoms with Gasteiger partial charge in [0, 0.05) is 24.2 Å². The van der Waals surface area contributed by atoms with Gasteiger partial charge in [0.1, 0.15) is 12.4 Å². The lowest BCUT2D eigenvalue weighted by molar-refractivity contribution is -0.114. The van der Waals surface area contributed by atoms with Gasteiger partial charge in [-0.15, -0.1) is 10.2 Å². The summed E-state index contributed by atoms with van der Waals surface area (Å²) in [6, 6.07) is 14.5. The molecule has 1 amide bonds. The zero-order valence-corrected chi connectivity index (χ0v) is 19.1. The molecule has 1 N–H and O–H groups in total. The van der Waals surface area contributed by atoms with E-state index in [0.717, 1.165) is 59.1 Å². The van der Waals surface area contributed by atoms with Crippen LogP contribution in [0.2, 0.25) is 0 Å². The minimum Gasteiger partial charge on any atom is -0.325 e. The van der Waals surface area contributed by atoms with Crippen molar-refractivity contribution in [3.8, 4) is 11.4 Å². The largest absolute Gasteiger partial charge is 0.325 e. The van der Waals surface area contributed by atoms with Crippen LogP contribution in [0.5, 0.6) is 0 Å². The second-order valence-electron chi connectivity index (χ2n) is 8.08. The molecule has 0 radical (unpaired) electrons. The van der Waals surface area contributed by atoms with Gasteiger partial charge in [0.25, 0.3) is 0 Å². The lowest BCUT2D eigenvalue weighted by atomic mass is 10.2. The first-order valence-electron chi connectivity index (χ1n) is 10.7. The van der Waals surface area contributed by atoms with Crippen LogP contribution in [0.25, 0.3) is 11.4 Å². The van der Waals surface area contributed by atoms with E-state index in [2.05, 4.69) is 20.1 Å². The van der Waals surface area contributed by atoms with Crippen LogP contribution in [0.3, 0.4) is 0 Å². The molecule has 168 valence electrons. The average molecular weight is 454 g/mol. The Morgan fingerprint density at radius 2 is 1.81 bits per heavy atom. The molecule has 1 aliphatic heterocycles. The third-order valence-corrected chi connectivity index (χ3v) is 6.73. The van der Waals surface area contributed by atoms with Crippen molar-refractivity contribution >= 4 is 27.3 Å². The van der Waals surface area contributed by atoms with Crippen molar-refractivity contribution in [2.75, 3.05) is 22.4 Å². The van der Waals surface area contributed by atoms with Gasteiger partial charge in [-0.25, -0.2) is 8.42 Å². The third kappa shape index (κ3) is 4.83. The number of nitrogens with one attached hydrogen (secondary N) is 1. The highest BCUT2D eigenvalue weighted by Crippen LogP contribution is 2.25. The SMILES string of the molecule is Cc1ccccc1N(CC(=O)Nc1ccc(-c2nnc3n2CCCCC3)cc1)S(C)(=O)=O. The highest BCUT2D eigenvalue weighted by atomic mass is 32.2. The van der Waals surface area contributed by atoms with Crippen LogP contribution >= 0.6 is 0 Å². The van der Waals surface area contributed by atoms with Crippen LogP contribution < -0.4 is 9.62 Å². The van der Waals surface area contributed by atoms with Crippen molar-refractivity contribution in [2.24, 2.45) is 0 Å². The molecule has 0 fully saturated rings. The molecule has 2 heterocycles. The van der Waals surface area contributed by atoms with E-state index >= 15 is 0 Å². The predicted octanol–water partition coefficient (Wildman–Crippen LogP) is 3.38. The summed E-state index contributed by atoms with van der Waals surface area (Å²) in [4.78, 5) is 12.7. The van der Waals surface area contributed by atoms with Gasteiger partial charge in [0.15, 0.2) is 5.82 Å². The molecule has 0 atom stereocenters. The molecule has 0 unspecified atom stereocenters. The number of rotatable bonds is 6. The first-order valence-corrected chi connectivity index (χ1v) is 12.5. The number of fused-ring (bicyclic) bond motifs is 1. The van der Waals surface area contributed by atoms with Crippen molar-refractivity contribution in [3.63, 3.8) is 0 Å². The lowest BCUT2D eigenvalue weighted by Crippen LogP contribution is -2.37. The molecular formula is C23H27N5O3S. The second kappa shape index (κ2) is 9.12. The maximum absolute atomic E-state index is 12.7. The summed E-state index contributed by atoms with van der Waals surface area (Å²) >= 11 is 0. The van der Waals surface area contributed by atoms with E-state index in [4.69, 9.17) is 0 Å². The summed E-state index contributed by atoms with van der Waals surface area (Å²) in [5, 5.41) is 11.5. The highest BCUT2D eigenvalue weighted by Gasteiger charge is 2.22. The number of para-hydroxylation sites is 1. The molecule has 1 aliphatic rings. The quantitative estimate of drug-likeness (QED) is 0.617. The van der Waals surface area contributed by atoms with Crippen molar-refractivity contribution in [1.29, 1.82) is 0 Å². The number of sulfonamides is 1. The van der Waals surface area contributed by atoms with Crippen molar-refractivity contribution < 1.29 is 13.2 Å². The monoisotopic (exact) mass is 453 g/mol. The van der Waals surface area contributed by atoms with Crippen molar-refractivity contribution in [1.82, 2.24) is 14.8 Å². The van der Waals surface area contributed by atoms with E-state index in [1.54, 1.807) is 24.3 Å². The number of aryl methyl sites for hydroxylation is 2. The fourth-order valence-electron chi connectivity index (χ4n) is 3.96. The number of hydrogen-bond donors (Lipinski definition) is 1. The zero-order chi connectivity index (χ0) is 22.7. The van der Waals surface area contributed by atoms with E-state index < -0.39 is 15.9 Å². The molecule has 8 nitrogen and oxygen atoms in total. The van der Waals surface area contributed by atoms with Crippen molar-refractivity contribution in [2.45, 2.75) is 39.2 Å². The van der Waals surface area contributed by atoms with E-state index in [1.165, 1.54) is 6.42 Å². The lowest BCUT2D eigenvalue weighted by Gasteiger charge is -2.23. The molecule has 1 aromatic heterocycles. The van der Waals surface area contributed by atoms with Crippen molar-refractivity contribution in [3.05, 3.63) is 59.9 Å². The summed E-state index contributed by atoms with van der Waals surface area (Å²) in [5.74, 6) is 1.44. The zero-order valence-electron chi connectivity index (χ0n) is 18.3. The maximum atomic E-state index is 12.7. The van der Waals surface area contributed by atoms with Crippen LogP contribution in [0, 0.1) is 6.92 Å². The minimum absolute atomic E-state index is 0.302. The fraction of sp³-hybridized carbons (Fsp3) is 0.348. The molecule has 0 aliphatic carbocycles. The first-order chi connectivity index (χ1) is 15.3. The Balaban J connectivity index is 1.48. The average Bonchev–Trinajstić information content (AvgIpc) is 3.00. The van der Waals surface area contributed by atoms with Crippen LogP contribution in [-0.4, -0.2) is 41.9 Å². The van der Waals surface area contributed by atoms with Gasteiger partial charge in [-0.05, 0) is 55.7 Å². The summed E-state index contributed by atoms with van der Waals surface area (Å²) < 4.78 is 27.9. The molecule has 9 heteroatoms. The van der Waals surface area contributed by atoms with Crippen LogP contribution in [0.15, 0.2) is 48.5 Å². The fourth-order valence-corrected chi connectivity index (χ4v) is 4.87. The molecule has 2 aromatic carbocycles. The van der Waals surface area contributed by atoms with Crippen LogP contribution in [0.1, 0.15) is 30.7 Å². The Morgan fingerprint density at radius 3 is 2.53 bits per heavy atom. The first kappa shape index (κ1) is 22.0. The number of aromatic nitrogens is 3. The van der Waals surface area contributed by atoms with E-state index in [9.17, 15) is 13.2 Å². The Bertz CT molecular complexity index is 1220. The Morgan fingerprint density at radius 1 is 1.06 bits per heavy atom. The summed E-state index contributed by atoms with van der Waals surface area (Å²) in [6.07, 6.45) is 5.49. The van der Waals surface area contributed by atoms with E-state index in [1.807, 2.05) is 31.2 Å². The van der Waals surface area contributed by atoms with E-state index in [-0.39, 0.29) is 6.54 Å². The van der Waals surface area contributed by atoms with Gasteiger partial charge in [-0.1, -0.05) is 24.6 Å². The molecular weight excluding hydrogens is 426 g/mol. The number of amides is 1. The standard InChI is InChI=1S/C23H27N5O3S/c1-17-8-5-6-9-20(17)28(32(2,30)31)16-22(29)24-19-13-11-18(12-14-19)23-26-25-21-10-4-3-7-15-27(21)23/h5-6,8-9,11-14H,3-4,7,10,15-16H2,1-2H3,(H,24,29). The van der Waals surface area contributed by atoms with E-state index in [0.29, 0.717) is 11.4 Å². The van der Waals surface area contributed by atoms with Crippen LogP contribution in [-0.2, 0) is 27.8 Å². The predicted molar refractivity (Wildman–Crippen MR) is 125 cm³/mol. The Kier molecular flexibility index (Phi) is 6.27. The Labute approximate surface area is 188 Å². The summed E-state index contributed by atoms with van der Waals surface area (Å²) in [7, 11) is -3.62. The molecule has 0 saturated carbocycles. The number of anilines is 2. The van der Waals surface area contributed by atoms with Gasteiger partial charge in [0.05, 0.1) is 11.9 Å². The second-order valence-corrected chi connectivity index (χ2v) is 9.99. The molecule has 32 heavy (non-hydrogen) atoms. The number of benzene rings is 2. The normalized spacial score (nSPS) is 13.8. The minimum atomic E-state index is -3.62. The molecule has 4 rings (SSSR count). The molecule has 0 bridgehead atoms. The summed E-state index contributed by atoms with van der Waals surface area (Å²) in [6.45, 7) is 2.43. The molecule has 0 spiro atoms. The van der Waals surface area contributed by atoms with Gasteiger partial charge < -0.3 is 9.88 Å². The number of nitrogens with zero attached hydrogens (tertiary/aromatic N) is 4. The number of hydrogen-bond acceptors (Lipinski definition) is 5. The van der Waals surface area contributed by atoms with Crippen LogP contribution in [0.4, 0.5) is 11.4 Å². The maximum Gasteiger partial charge on any atom is 0.245 e. The number of carbonyl (C=O) groups excluding carboxylic acids is 1. The topological polar surface area (TPSA) is 97.2 Å². The smallest absolute Gasteiger partial charge is 0.245 e. The highest BCUT2D eigenvalue weighted by molar-refractivity contribution is 7.92. The molecule has 0 saturated heterocycles. The summed E-state index contributed by atoms with van der Waals surface area (Å²) in [5.41, 5.74) is 2.80. The van der Waals surface area contributed by atoms with Gasteiger partial charge >= 0.3 is 0 Å².